The Morgan fingerprint density at radius 2 is 1.88 bits per heavy atom. The first kappa shape index (κ1) is 11.8. The quantitative estimate of drug-likeness (QED) is 0.817. The van der Waals surface area contributed by atoms with Crippen LogP contribution in [0.15, 0.2) is 28.8 Å². The van der Waals surface area contributed by atoms with Crippen molar-refractivity contribution in [3.8, 4) is 5.75 Å². The molecule has 1 aromatic rings. The summed E-state index contributed by atoms with van der Waals surface area (Å²) in [6.45, 7) is 0. The van der Waals surface area contributed by atoms with Gasteiger partial charge in [-0.15, -0.1) is 0 Å². The Balaban J connectivity index is 2.23. The van der Waals surface area contributed by atoms with Crippen LogP contribution in [0.4, 0.5) is 0 Å². The van der Waals surface area contributed by atoms with Crippen molar-refractivity contribution in [1.29, 1.82) is 0 Å². The number of allylic oxidation sites excluding steroid dienone is 2. The third-order valence-corrected chi connectivity index (χ3v) is 3.65. The van der Waals surface area contributed by atoms with Gasteiger partial charge in [-0.1, -0.05) is 28.8 Å². The molecule has 1 N–H and O–H groups in total. The Labute approximate surface area is 106 Å². The predicted octanol–water partition coefficient (Wildman–Crippen LogP) is 4.66. The van der Waals surface area contributed by atoms with Gasteiger partial charge in [0.25, 0.3) is 0 Å². The highest BCUT2D eigenvalue weighted by atomic mass is 35.5. The highest BCUT2D eigenvalue weighted by molar-refractivity contribution is 6.30. The molecule has 0 heterocycles. The van der Waals surface area contributed by atoms with E-state index in [4.69, 9.17) is 23.2 Å². The van der Waals surface area contributed by atoms with E-state index in [-0.39, 0.29) is 0 Å². The topological polar surface area (TPSA) is 20.2 Å². The minimum absolute atomic E-state index is 0.298. The lowest BCUT2D eigenvalue weighted by Crippen LogP contribution is -1.99. The van der Waals surface area contributed by atoms with E-state index in [1.807, 2.05) is 6.07 Å². The van der Waals surface area contributed by atoms with Crippen molar-refractivity contribution in [2.24, 2.45) is 0 Å². The molecule has 0 radical (unpaired) electrons. The van der Waals surface area contributed by atoms with E-state index in [1.165, 1.54) is 18.4 Å². The number of aromatic hydroxyl groups is 1. The zero-order chi connectivity index (χ0) is 11.5. The second kappa shape index (κ2) is 5.11. The van der Waals surface area contributed by atoms with E-state index in [9.17, 15) is 5.11 Å². The van der Waals surface area contributed by atoms with Gasteiger partial charge in [-0.2, -0.15) is 0 Å². The zero-order valence-electron chi connectivity index (χ0n) is 8.97. The van der Waals surface area contributed by atoms with Crippen LogP contribution in [-0.2, 0) is 6.42 Å². The summed E-state index contributed by atoms with van der Waals surface area (Å²) in [7, 11) is 0. The average Bonchev–Trinajstić information content (AvgIpc) is 2.27. The highest BCUT2D eigenvalue weighted by Gasteiger charge is 2.13. The molecule has 3 heteroatoms. The monoisotopic (exact) mass is 256 g/mol. The molecule has 0 amide bonds. The fourth-order valence-corrected chi connectivity index (χ4v) is 2.53. The van der Waals surface area contributed by atoms with Crippen molar-refractivity contribution in [2.45, 2.75) is 32.1 Å². The van der Waals surface area contributed by atoms with Crippen LogP contribution in [0, 0.1) is 0 Å². The van der Waals surface area contributed by atoms with Crippen molar-refractivity contribution in [2.75, 3.05) is 0 Å². The van der Waals surface area contributed by atoms with Crippen LogP contribution in [-0.4, -0.2) is 5.11 Å². The number of halogens is 2. The normalized spacial score (nSPS) is 16.6. The SMILES string of the molecule is Oc1ccc(Cl)cc1CC1=C(Cl)CCCC1. The number of benzene rings is 1. The Hall–Kier alpha value is -0.660. The Morgan fingerprint density at radius 3 is 2.62 bits per heavy atom. The van der Waals surface area contributed by atoms with Gasteiger partial charge >= 0.3 is 0 Å². The van der Waals surface area contributed by atoms with Crippen LogP contribution < -0.4 is 0 Å². The Bertz CT molecular complexity index is 424. The van der Waals surface area contributed by atoms with Crippen molar-refractivity contribution in [3.05, 3.63) is 39.4 Å². The number of phenolic OH excluding ortho intramolecular Hbond substituents is 1. The fourth-order valence-electron chi connectivity index (χ4n) is 2.04. The molecule has 0 unspecified atom stereocenters. The average molecular weight is 257 g/mol. The molecule has 1 nitrogen and oxygen atoms in total. The maximum atomic E-state index is 9.73. The van der Waals surface area contributed by atoms with Crippen LogP contribution in [0.3, 0.4) is 0 Å². The standard InChI is InChI=1S/C13H14Cl2O/c14-11-5-6-13(16)10(8-11)7-9-3-1-2-4-12(9)15/h5-6,8,16H,1-4,7H2. The summed E-state index contributed by atoms with van der Waals surface area (Å²) < 4.78 is 0. The molecule has 16 heavy (non-hydrogen) atoms. The van der Waals surface area contributed by atoms with Crippen molar-refractivity contribution >= 4 is 23.2 Å². The summed E-state index contributed by atoms with van der Waals surface area (Å²) in [6.07, 6.45) is 5.07. The molecule has 0 spiro atoms. The van der Waals surface area contributed by atoms with Gasteiger partial charge in [0, 0.05) is 10.1 Å². The highest BCUT2D eigenvalue weighted by Crippen LogP contribution is 2.32. The lowest BCUT2D eigenvalue weighted by Gasteiger charge is -2.16. The van der Waals surface area contributed by atoms with Crippen LogP contribution >= 0.6 is 23.2 Å². The lowest BCUT2D eigenvalue weighted by atomic mass is 9.93. The summed E-state index contributed by atoms with van der Waals surface area (Å²) in [6, 6.07) is 5.13. The zero-order valence-corrected chi connectivity index (χ0v) is 10.5. The van der Waals surface area contributed by atoms with E-state index in [1.54, 1.807) is 12.1 Å². The van der Waals surface area contributed by atoms with E-state index < -0.39 is 0 Å². The third-order valence-electron chi connectivity index (χ3n) is 2.95. The molecule has 2 rings (SSSR count). The van der Waals surface area contributed by atoms with E-state index in [0.29, 0.717) is 17.2 Å². The van der Waals surface area contributed by atoms with Crippen LogP contribution in [0.2, 0.25) is 5.02 Å². The van der Waals surface area contributed by atoms with Gasteiger partial charge in [-0.3, -0.25) is 0 Å². The number of phenols is 1. The molecule has 0 fully saturated rings. The summed E-state index contributed by atoms with van der Waals surface area (Å²) in [5.41, 5.74) is 2.10. The minimum Gasteiger partial charge on any atom is -0.508 e. The van der Waals surface area contributed by atoms with Crippen LogP contribution in [0.25, 0.3) is 0 Å². The maximum Gasteiger partial charge on any atom is 0.119 e. The van der Waals surface area contributed by atoms with E-state index in [0.717, 1.165) is 23.4 Å². The number of hydrogen-bond donors (Lipinski definition) is 1. The summed E-state index contributed by atoms with van der Waals surface area (Å²) in [5, 5.41) is 11.3. The van der Waals surface area contributed by atoms with Crippen molar-refractivity contribution in [3.63, 3.8) is 0 Å². The molecule has 86 valence electrons. The lowest BCUT2D eigenvalue weighted by molar-refractivity contribution is 0.468. The van der Waals surface area contributed by atoms with E-state index in [2.05, 4.69) is 0 Å². The summed E-state index contributed by atoms with van der Waals surface area (Å²) in [5.74, 6) is 0.298. The summed E-state index contributed by atoms with van der Waals surface area (Å²) in [4.78, 5) is 0. The Kier molecular flexibility index (Phi) is 3.78. The predicted molar refractivity (Wildman–Crippen MR) is 68.2 cm³/mol. The number of rotatable bonds is 2. The fraction of sp³-hybridized carbons (Fsp3) is 0.385. The molecule has 0 saturated carbocycles. The minimum atomic E-state index is 0.298. The largest absolute Gasteiger partial charge is 0.508 e. The molecule has 0 bridgehead atoms. The molecular weight excluding hydrogens is 243 g/mol. The summed E-state index contributed by atoms with van der Waals surface area (Å²) >= 11 is 12.1. The van der Waals surface area contributed by atoms with Gasteiger partial charge in [0.1, 0.15) is 5.75 Å². The van der Waals surface area contributed by atoms with Crippen molar-refractivity contribution in [1.82, 2.24) is 0 Å². The van der Waals surface area contributed by atoms with Gasteiger partial charge in [-0.05, 0) is 55.9 Å². The first-order valence-electron chi connectivity index (χ1n) is 5.50. The molecule has 0 atom stereocenters. The molecule has 1 aliphatic rings. The van der Waals surface area contributed by atoms with Crippen LogP contribution in [0.1, 0.15) is 31.2 Å². The molecule has 0 aliphatic heterocycles. The maximum absolute atomic E-state index is 9.73. The molecular formula is C13H14Cl2O. The molecule has 0 aromatic heterocycles. The van der Waals surface area contributed by atoms with Gasteiger partial charge in [0.2, 0.25) is 0 Å². The van der Waals surface area contributed by atoms with Crippen molar-refractivity contribution < 1.29 is 5.11 Å². The van der Waals surface area contributed by atoms with Gasteiger partial charge in [0.15, 0.2) is 0 Å². The smallest absolute Gasteiger partial charge is 0.119 e. The third kappa shape index (κ3) is 2.72. The van der Waals surface area contributed by atoms with Gasteiger partial charge in [-0.25, -0.2) is 0 Å². The molecule has 0 saturated heterocycles. The Morgan fingerprint density at radius 1 is 1.12 bits per heavy atom. The second-order valence-corrected chi connectivity index (χ2v) is 5.06. The van der Waals surface area contributed by atoms with Gasteiger partial charge in [0.05, 0.1) is 0 Å². The second-order valence-electron chi connectivity index (χ2n) is 4.17. The van der Waals surface area contributed by atoms with Crippen LogP contribution in [0.5, 0.6) is 5.75 Å². The van der Waals surface area contributed by atoms with Gasteiger partial charge < -0.3 is 5.11 Å². The first-order valence-corrected chi connectivity index (χ1v) is 6.26. The molecule has 1 aliphatic carbocycles. The number of hydrogen-bond acceptors (Lipinski definition) is 1. The molecule has 1 aromatic carbocycles. The van der Waals surface area contributed by atoms with E-state index >= 15 is 0 Å². The first-order chi connectivity index (χ1) is 7.66.